The molecule has 0 fully saturated rings. The number of Topliss-reactive ketones (excluding diaryl/α,β-unsaturated/α-hetero) is 1. The maximum absolute atomic E-state index is 11.5. The van der Waals surface area contributed by atoms with Crippen molar-refractivity contribution >= 4 is 17.4 Å². The summed E-state index contributed by atoms with van der Waals surface area (Å²) in [7, 11) is 0. The van der Waals surface area contributed by atoms with Gasteiger partial charge in [0.1, 0.15) is 0 Å². The van der Waals surface area contributed by atoms with Crippen molar-refractivity contribution < 1.29 is 4.79 Å². The van der Waals surface area contributed by atoms with Crippen LogP contribution < -0.4 is 0 Å². The number of halogens is 1. The van der Waals surface area contributed by atoms with Crippen molar-refractivity contribution in [2.24, 2.45) is 0 Å². The van der Waals surface area contributed by atoms with E-state index in [-0.39, 0.29) is 5.78 Å². The molecule has 0 saturated carbocycles. The van der Waals surface area contributed by atoms with Crippen molar-refractivity contribution in [3.63, 3.8) is 0 Å². The minimum atomic E-state index is 0.135. The highest BCUT2D eigenvalue weighted by Crippen LogP contribution is 2.14. The number of ketones is 1. The fourth-order valence-electron chi connectivity index (χ4n) is 1.27. The molecule has 1 aromatic rings. The number of benzene rings is 1. The predicted molar refractivity (Wildman–Crippen MR) is 55.6 cm³/mol. The Bertz CT molecular complexity index is 318. The molecule has 70 valence electrons. The lowest BCUT2D eigenvalue weighted by Gasteiger charge is -2.05. The Labute approximate surface area is 83.7 Å². The largest absolute Gasteiger partial charge is 0.294 e. The third-order valence-corrected chi connectivity index (χ3v) is 2.42. The molecule has 0 bridgehead atoms. The molecule has 0 atom stereocenters. The van der Waals surface area contributed by atoms with Crippen LogP contribution in [-0.2, 0) is 0 Å². The zero-order valence-electron chi connectivity index (χ0n) is 7.93. The summed E-state index contributed by atoms with van der Waals surface area (Å²) in [6, 6.07) is 5.77. The first-order valence-electron chi connectivity index (χ1n) is 4.32. The molecule has 1 aromatic carbocycles. The van der Waals surface area contributed by atoms with Crippen molar-refractivity contribution in [1.29, 1.82) is 0 Å². The predicted octanol–water partition coefficient (Wildman–Crippen LogP) is 3.12. The van der Waals surface area contributed by atoms with E-state index in [1.807, 2.05) is 32.0 Å². The molecule has 0 aliphatic rings. The molecule has 0 aromatic heterocycles. The third kappa shape index (κ3) is 2.31. The second kappa shape index (κ2) is 4.43. The molecular weight excluding hydrogens is 184 g/mol. The average molecular weight is 197 g/mol. The number of hydrogen-bond donors (Lipinski definition) is 0. The molecule has 0 N–H and O–H groups in total. The summed E-state index contributed by atoms with van der Waals surface area (Å²) in [6.45, 7) is 3.98. The maximum atomic E-state index is 11.5. The van der Waals surface area contributed by atoms with Gasteiger partial charge in [0.25, 0.3) is 0 Å². The second-order valence-corrected chi connectivity index (χ2v) is 3.49. The van der Waals surface area contributed by atoms with Gasteiger partial charge < -0.3 is 0 Å². The number of alkyl halides is 1. The second-order valence-electron chi connectivity index (χ2n) is 3.11. The molecule has 1 nitrogen and oxygen atoms in total. The molecule has 0 radical (unpaired) electrons. The number of carbonyl (C=O) groups excluding carboxylic acids is 1. The van der Waals surface area contributed by atoms with Gasteiger partial charge in [-0.25, -0.2) is 0 Å². The molecule has 0 aliphatic heterocycles. The van der Waals surface area contributed by atoms with Gasteiger partial charge in [-0.2, -0.15) is 0 Å². The fourth-order valence-corrected chi connectivity index (χ4v) is 1.45. The monoisotopic (exact) mass is 196 g/mol. The molecule has 2 heteroatoms. The lowest BCUT2D eigenvalue weighted by Crippen LogP contribution is -2.03. The highest BCUT2D eigenvalue weighted by Gasteiger charge is 2.08. The Morgan fingerprint density at radius 2 is 2.08 bits per heavy atom. The van der Waals surface area contributed by atoms with E-state index < -0.39 is 0 Å². The van der Waals surface area contributed by atoms with Crippen LogP contribution in [0.5, 0.6) is 0 Å². The average Bonchev–Trinajstić information content (AvgIpc) is 2.10. The van der Waals surface area contributed by atoms with Gasteiger partial charge in [0, 0.05) is 17.9 Å². The van der Waals surface area contributed by atoms with Crippen LogP contribution in [0, 0.1) is 13.8 Å². The van der Waals surface area contributed by atoms with E-state index in [0.29, 0.717) is 12.3 Å². The SMILES string of the molecule is Cc1cccc(C(=O)CCCl)c1C. The fraction of sp³-hybridized carbons (Fsp3) is 0.364. The van der Waals surface area contributed by atoms with Crippen LogP contribution >= 0.6 is 11.6 Å². The van der Waals surface area contributed by atoms with Gasteiger partial charge in [-0.15, -0.1) is 11.6 Å². The van der Waals surface area contributed by atoms with E-state index in [2.05, 4.69) is 0 Å². The number of hydrogen-bond acceptors (Lipinski definition) is 1. The summed E-state index contributed by atoms with van der Waals surface area (Å²) >= 11 is 5.52. The van der Waals surface area contributed by atoms with Gasteiger partial charge in [0.05, 0.1) is 0 Å². The molecule has 13 heavy (non-hydrogen) atoms. The third-order valence-electron chi connectivity index (χ3n) is 2.23. The van der Waals surface area contributed by atoms with Gasteiger partial charge in [-0.05, 0) is 25.0 Å². The maximum Gasteiger partial charge on any atom is 0.164 e. The summed E-state index contributed by atoms with van der Waals surface area (Å²) in [6.07, 6.45) is 0.422. The van der Waals surface area contributed by atoms with Crippen molar-refractivity contribution in [2.45, 2.75) is 20.3 Å². The molecule has 0 unspecified atom stereocenters. The van der Waals surface area contributed by atoms with Crippen molar-refractivity contribution in [3.05, 3.63) is 34.9 Å². The lowest BCUT2D eigenvalue weighted by molar-refractivity contribution is 0.0988. The van der Waals surface area contributed by atoms with Crippen LogP contribution in [0.2, 0.25) is 0 Å². The van der Waals surface area contributed by atoms with Gasteiger partial charge in [-0.1, -0.05) is 18.2 Å². The van der Waals surface area contributed by atoms with E-state index in [0.717, 1.165) is 16.7 Å². The summed E-state index contributed by atoms with van der Waals surface area (Å²) in [5, 5.41) is 0. The van der Waals surface area contributed by atoms with Gasteiger partial charge >= 0.3 is 0 Å². The standard InChI is InChI=1S/C11H13ClO/c1-8-4-3-5-10(9(8)2)11(13)6-7-12/h3-5H,6-7H2,1-2H3. The topological polar surface area (TPSA) is 17.1 Å². The highest BCUT2D eigenvalue weighted by atomic mass is 35.5. The molecule has 1 rings (SSSR count). The van der Waals surface area contributed by atoms with Crippen LogP contribution in [-0.4, -0.2) is 11.7 Å². The number of aryl methyl sites for hydroxylation is 1. The summed E-state index contributed by atoms with van der Waals surface area (Å²) in [4.78, 5) is 11.5. The zero-order chi connectivity index (χ0) is 9.84. The minimum absolute atomic E-state index is 0.135. The Hall–Kier alpha value is -0.820. The molecule has 0 spiro atoms. The van der Waals surface area contributed by atoms with Gasteiger partial charge in [0.15, 0.2) is 5.78 Å². The Morgan fingerprint density at radius 3 is 2.69 bits per heavy atom. The molecular formula is C11H13ClO. The Morgan fingerprint density at radius 1 is 1.38 bits per heavy atom. The van der Waals surface area contributed by atoms with Gasteiger partial charge in [0.2, 0.25) is 0 Å². The van der Waals surface area contributed by atoms with E-state index in [4.69, 9.17) is 11.6 Å². The van der Waals surface area contributed by atoms with E-state index in [1.165, 1.54) is 0 Å². The van der Waals surface area contributed by atoms with Crippen LogP contribution in [0.1, 0.15) is 27.9 Å². The van der Waals surface area contributed by atoms with Crippen LogP contribution in [0.15, 0.2) is 18.2 Å². The quantitative estimate of drug-likeness (QED) is 0.536. The normalized spacial score (nSPS) is 10.1. The van der Waals surface area contributed by atoms with Crippen LogP contribution in [0.25, 0.3) is 0 Å². The molecule has 0 heterocycles. The summed E-state index contributed by atoms with van der Waals surface area (Å²) in [5.74, 6) is 0.530. The Kier molecular flexibility index (Phi) is 3.49. The zero-order valence-corrected chi connectivity index (χ0v) is 8.69. The van der Waals surface area contributed by atoms with E-state index in [9.17, 15) is 4.79 Å². The van der Waals surface area contributed by atoms with Crippen LogP contribution in [0.4, 0.5) is 0 Å². The summed E-state index contributed by atoms with van der Waals surface area (Å²) < 4.78 is 0. The lowest BCUT2D eigenvalue weighted by atomic mass is 9.99. The molecule has 0 saturated heterocycles. The Balaban J connectivity index is 3.01. The van der Waals surface area contributed by atoms with Crippen molar-refractivity contribution in [2.75, 3.05) is 5.88 Å². The van der Waals surface area contributed by atoms with E-state index >= 15 is 0 Å². The molecule has 0 aliphatic carbocycles. The van der Waals surface area contributed by atoms with E-state index in [1.54, 1.807) is 0 Å². The number of carbonyl (C=O) groups is 1. The highest BCUT2D eigenvalue weighted by molar-refractivity contribution is 6.19. The minimum Gasteiger partial charge on any atom is -0.294 e. The van der Waals surface area contributed by atoms with Gasteiger partial charge in [-0.3, -0.25) is 4.79 Å². The van der Waals surface area contributed by atoms with Crippen molar-refractivity contribution in [3.8, 4) is 0 Å². The number of rotatable bonds is 3. The van der Waals surface area contributed by atoms with Crippen molar-refractivity contribution in [1.82, 2.24) is 0 Å². The first kappa shape index (κ1) is 10.3. The smallest absolute Gasteiger partial charge is 0.164 e. The first-order chi connectivity index (χ1) is 6.16. The summed E-state index contributed by atoms with van der Waals surface area (Å²) in [5.41, 5.74) is 3.03. The molecule has 0 amide bonds. The first-order valence-corrected chi connectivity index (χ1v) is 4.85. The van der Waals surface area contributed by atoms with Crippen LogP contribution in [0.3, 0.4) is 0 Å².